The molecule has 1 aromatic carbocycles. The van der Waals surface area contributed by atoms with Crippen LogP contribution in [0.25, 0.3) is 11.0 Å². The van der Waals surface area contributed by atoms with Crippen LogP contribution in [0, 0.1) is 12.7 Å². The minimum absolute atomic E-state index is 0.170. The highest BCUT2D eigenvalue weighted by molar-refractivity contribution is 6.07. The van der Waals surface area contributed by atoms with Gasteiger partial charge < -0.3 is 14.6 Å². The molecule has 0 aliphatic carbocycles. The van der Waals surface area contributed by atoms with Gasteiger partial charge in [0, 0.05) is 25.5 Å². The number of rotatable bonds is 3. The summed E-state index contributed by atoms with van der Waals surface area (Å²) in [5, 5.41) is 3.71. The van der Waals surface area contributed by atoms with Crippen LogP contribution >= 0.6 is 0 Å². The minimum atomic E-state index is -0.375. The number of halogens is 1. The van der Waals surface area contributed by atoms with Crippen molar-refractivity contribution >= 4 is 28.3 Å². The molecular formula is C22H26FN3O2. The predicted octanol–water partition coefficient (Wildman–Crippen LogP) is 5.67. The highest BCUT2D eigenvalue weighted by Crippen LogP contribution is 2.34. The lowest BCUT2D eigenvalue weighted by molar-refractivity contribution is 0.0696. The van der Waals surface area contributed by atoms with E-state index in [9.17, 15) is 9.18 Å². The highest BCUT2D eigenvalue weighted by atomic mass is 19.1. The molecule has 4 rings (SSSR count). The summed E-state index contributed by atoms with van der Waals surface area (Å²) in [5.74, 6) is -0.342. The number of nitrogens with zero attached hydrogens (tertiary/aromatic N) is 2. The Labute approximate surface area is 164 Å². The molecule has 1 N–H and O–H groups in total. The Hall–Kier alpha value is -2.89. The summed E-state index contributed by atoms with van der Waals surface area (Å²) >= 11 is 0. The quantitative estimate of drug-likeness (QED) is 0.633. The number of likely N-dealkylation sites (tertiary alicyclic amines) is 1. The van der Waals surface area contributed by atoms with E-state index >= 15 is 0 Å². The van der Waals surface area contributed by atoms with Crippen LogP contribution < -0.4 is 5.32 Å². The van der Waals surface area contributed by atoms with Crippen molar-refractivity contribution in [2.45, 2.75) is 40.0 Å². The van der Waals surface area contributed by atoms with Gasteiger partial charge in [0.25, 0.3) is 5.91 Å². The van der Waals surface area contributed by atoms with Crippen LogP contribution in [0.15, 0.2) is 41.1 Å². The van der Waals surface area contributed by atoms with Crippen LogP contribution in [0.4, 0.5) is 15.8 Å². The number of amides is 1. The second kappa shape index (κ2) is 8.87. The SMILES string of the molecule is CC.Cc1ccc(Nc2c(C(=O)N3CCCCC3)oc3ccncc23)c(F)c1. The zero-order valence-electron chi connectivity index (χ0n) is 16.6. The first-order valence-corrected chi connectivity index (χ1v) is 9.82. The summed E-state index contributed by atoms with van der Waals surface area (Å²) in [4.78, 5) is 18.9. The minimum Gasteiger partial charge on any atom is -0.448 e. The van der Waals surface area contributed by atoms with Gasteiger partial charge in [-0.05, 0) is 49.9 Å². The Morgan fingerprint density at radius 3 is 2.64 bits per heavy atom. The summed E-state index contributed by atoms with van der Waals surface area (Å²) in [6.45, 7) is 7.26. The lowest BCUT2D eigenvalue weighted by atomic mass is 10.1. The molecule has 1 amide bonds. The fraction of sp³-hybridized carbons (Fsp3) is 0.364. The van der Waals surface area contributed by atoms with E-state index in [1.165, 1.54) is 6.07 Å². The first-order valence-electron chi connectivity index (χ1n) is 9.82. The summed E-state index contributed by atoms with van der Waals surface area (Å²) < 4.78 is 20.2. The molecule has 3 aromatic rings. The molecule has 1 saturated heterocycles. The van der Waals surface area contributed by atoms with Gasteiger partial charge in [-0.25, -0.2) is 4.39 Å². The average Bonchev–Trinajstić information content (AvgIpc) is 3.10. The third-order valence-corrected chi connectivity index (χ3v) is 4.71. The van der Waals surface area contributed by atoms with Gasteiger partial charge in [-0.15, -0.1) is 0 Å². The smallest absolute Gasteiger partial charge is 0.291 e. The average molecular weight is 383 g/mol. The van der Waals surface area contributed by atoms with Crippen molar-refractivity contribution < 1.29 is 13.6 Å². The molecule has 0 unspecified atom stereocenters. The Kier molecular flexibility index (Phi) is 6.29. The van der Waals surface area contributed by atoms with Crippen LogP contribution in [0.5, 0.6) is 0 Å². The number of aromatic nitrogens is 1. The number of aryl methyl sites for hydroxylation is 1. The molecule has 0 atom stereocenters. The number of hydrogen-bond donors (Lipinski definition) is 1. The number of piperidine rings is 1. The van der Waals surface area contributed by atoms with Crippen molar-refractivity contribution in [1.29, 1.82) is 0 Å². The maximum absolute atomic E-state index is 14.3. The van der Waals surface area contributed by atoms with E-state index in [0.29, 0.717) is 35.4 Å². The monoisotopic (exact) mass is 383 g/mol. The molecule has 5 nitrogen and oxygen atoms in total. The van der Waals surface area contributed by atoms with E-state index in [1.54, 1.807) is 29.4 Å². The number of carbonyl (C=O) groups excluding carboxylic acids is 1. The first kappa shape index (κ1) is 19.9. The van der Waals surface area contributed by atoms with Gasteiger partial charge in [0.15, 0.2) is 0 Å². The summed E-state index contributed by atoms with van der Waals surface area (Å²) in [6, 6.07) is 6.64. The molecular weight excluding hydrogens is 357 g/mol. The van der Waals surface area contributed by atoms with Crippen molar-refractivity contribution in [3.8, 4) is 0 Å². The number of furan rings is 1. The normalized spacial score (nSPS) is 13.8. The fourth-order valence-electron chi connectivity index (χ4n) is 3.31. The van der Waals surface area contributed by atoms with Gasteiger partial charge in [0.1, 0.15) is 17.1 Å². The van der Waals surface area contributed by atoms with E-state index in [-0.39, 0.29) is 17.5 Å². The third kappa shape index (κ3) is 4.01. The zero-order valence-corrected chi connectivity index (χ0v) is 16.6. The van der Waals surface area contributed by atoms with E-state index in [2.05, 4.69) is 10.3 Å². The molecule has 0 spiro atoms. The highest BCUT2D eigenvalue weighted by Gasteiger charge is 2.27. The van der Waals surface area contributed by atoms with Crippen molar-refractivity contribution in [1.82, 2.24) is 9.88 Å². The topological polar surface area (TPSA) is 58.4 Å². The summed E-state index contributed by atoms with van der Waals surface area (Å²) in [7, 11) is 0. The zero-order chi connectivity index (χ0) is 20.1. The standard InChI is InChI=1S/C20H20FN3O2.C2H6/c1-13-5-6-16(15(21)11-13)23-18-14-12-22-8-7-17(14)26-19(18)20(25)24-9-3-2-4-10-24;1-2/h5-8,11-12,23H,2-4,9-10H2,1H3;1-2H3. The molecule has 3 heterocycles. The Morgan fingerprint density at radius 2 is 1.93 bits per heavy atom. The fourth-order valence-corrected chi connectivity index (χ4v) is 3.31. The lowest BCUT2D eigenvalue weighted by Gasteiger charge is -2.26. The van der Waals surface area contributed by atoms with Crippen LogP contribution in [0.2, 0.25) is 0 Å². The number of carbonyl (C=O) groups is 1. The molecule has 6 heteroatoms. The van der Waals surface area contributed by atoms with E-state index < -0.39 is 0 Å². The summed E-state index contributed by atoms with van der Waals surface area (Å²) in [5.41, 5.74) is 2.15. The molecule has 28 heavy (non-hydrogen) atoms. The number of benzene rings is 1. The Morgan fingerprint density at radius 1 is 1.18 bits per heavy atom. The van der Waals surface area contributed by atoms with Gasteiger partial charge in [-0.2, -0.15) is 0 Å². The van der Waals surface area contributed by atoms with Crippen LogP contribution in [0.1, 0.15) is 49.2 Å². The second-order valence-corrected chi connectivity index (χ2v) is 6.64. The molecule has 0 radical (unpaired) electrons. The molecule has 148 valence electrons. The van der Waals surface area contributed by atoms with E-state index in [4.69, 9.17) is 4.42 Å². The van der Waals surface area contributed by atoms with Gasteiger partial charge in [0.2, 0.25) is 5.76 Å². The van der Waals surface area contributed by atoms with Crippen molar-refractivity contribution in [3.63, 3.8) is 0 Å². The van der Waals surface area contributed by atoms with Crippen molar-refractivity contribution in [3.05, 3.63) is 53.8 Å². The Bertz CT molecular complexity index is 962. The van der Waals surface area contributed by atoms with Crippen molar-refractivity contribution in [2.75, 3.05) is 18.4 Å². The first-order chi connectivity index (χ1) is 13.6. The van der Waals surface area contributed by atoms with Crippen molar-refractivity contribution in [2.24, 2.45) is 0 Å². The molecule has 0 saturated carbocycles. The molecule has 0 bridgehead atoms. The number of nitrogens with one attached hydrogen (secondary N) is 1. The van der Waals surface area contributed by atoms with Crippen LogP contribution in [0.3, 0.4) is 0 Å². The van der Waals surface area contributed by atoms with Crippen LogP contribution in [-0.4, -0.2) is 28.9 Å². The third-order valence-electron chi connectivity index (χ3n) is 4.71. The predicted molar refractivity (Wildman–Crippen MR) is 110 cm³/mol. The maximum atomic E-state index is 14.3. The molecule has 1 aliphatic heterocycles. The summed E-state index contributed by atoms with van der Waals surface area (Å²) in [6.07, 6.45) is 6.34. The second-order valence-electron chi connectivity index (χ2n) is 6.64. The van der Waals surface area contributed by atoms with Crippen LogP contribution in [-0.2, 0) is 0 Å². The van der Waals surface area contributed by atoms with E-state index in [1.807, 2.05) is 26.8 Å². The molecule has 1 aliphatic rings. The van der Waals surface area contributed by atoms with Gasteiger partial charge in [0.05, 0.1) is 11.1 Å². The van der Waals surface area contributed by atoms with Gasteiger partial charge in [-0.1, -0.05) is 19.9 Å². The van der Waals surface area contributed by atoms with Gasteiger partial charge >= 0.3 is 0 Å². The Balaban J connectivity index is 0.00000109. The largest absolute Gasteiger partial charge is 0.448 e. The number of hydrogen-bond acceptors (Lipinski definition) is 4. The molecule has 1 fully saturated rings. The number of anilines is 2. The lowest BCUT2D eigenvalue weighted by Crippen LogP contribution is -2.35. The molecule has 2 aromatic heterocycles. The number of pyridine rings is 1. The maximum Gasteiger partial charge on any atom is 0.291 e. The van der Waals surface area contributed by atoms with Gasteiger partial charge in [-0.3, -0.25) is 9.78 Å². The number of fused-ring (bicyclic) bond motifs is 1. The van der Waals surface area contributed by atoms with E-state index in [0.717, 1.165) is 24.8 Å².